The van der Waals surface area contributed by atoms with Gasteiger partial charge in [-0.25, -0.2) is 0 Å². The maximum atomic E-state index is 14.0. The van der Waals surface area contributed by atoms with Gasteiger partial charge in [0, 0.05) is 44.4 Å². The number of piperidine rings is 1. The van der Waals surface area contributed by atoms with Crippen molar-refractivity contribution in [3.8, 4) is 5.88 Å². The number of carboxylic acids is 1. The van der Waals surface area contributed by atoms with Gasteiger partial charge in [0.05, 0.1) is 11.4 Å². The molecule has 2 aromatic rings. The summed E-state index contributed by atoms with van der Waals surface area (Å²) >= 11 is 0. The topological polar surface area (TPSA) is 138 Å². The van der Waals surface area contributed by atoms with Crippen LogP contribution in [-0.2, 0) is 4.79 Å². The van der Waals surface area contributed by atoms with E-state index < -0.39 is 24.3 Å². The van der Waals surface area contributed by atoms with Gasteiger partial charge in [0.1, 0.15) is 11.9 Å². The number of rotatable bonds is 5. The zero-order chi connectivity index (χ0) is 25.5. The molecular formula is C23H28F3N7O3. The molecule has 3 aliphatic heterocycles. The van der Waals surface area contributed by atoms with Gasteiger partial charge < -0.3 is 36.4 Å². The van der Waals surface area contributed by atoms with Gasteiger partial charge in [0.15, 0.2) is 0 Å². The van der Waals surface area contributed by atoms with Crippen molar-refractivity contribution in [2.24, 2.45) is 5.41 Å². The van der Waals surface area contributed by atoms with Crippen LogP contribution in [0.15, 0.2) is 24.3 Å². The number of fused-ring (bicyclic) bond motifs is 1. The quantitative estimate of drug-likeness (QED) is 0.411. The number of nitrogens with zero attached hydrogens (tertiary/aromatic N) is 3. The fourth-order valence-corrected chi connectivity index (χ4v) is 5.20. The summed E-state index contributed by atoms with van der Waals surface area (Å²) in [5.74, 6) is -0.930. The van der Waals surface area contributed by atoms with E-state index in [1.807, 2.05) is 4.90 Å². The molecule has 2 saturated heterocycles. The molecular weight excluding hydrogens is 479 g/mol. The highest BCUT2D eigenvalue weighted by atomic mass is 19.4. The summed E-state index contributed by atoms with van der Waals surface area (Å²) in [6.45, 7) is 3.04. The first-order valence-electron chi connectivity index (χ1n) is 11.8. The molecule has 0 unspecified atom stereocenters. The highest BCUT2D eigenvalue weighted by Crippen LogP contribution is 2.42. The minimum absolute atomic E-state index is 0.0576. The Labute approximate surface area is 205 Å². The Morgan fingerprint density at radius 3 is 2.56 bits per heavy atom. The Balaban J connectivity index is 1.33. The number of benzene rings is 1. The molecule has 0 saturated carbocycles. The fraction of sp³-hybridized carbons (Fsp3) is 0.522. The fourth-order valence-electron chi connectivity index (χ4n) is 5.20. The van der Waals surface area contributed by atoms with E-state index in [9.17, 15) is 23.1 Å². The van der Waals surface area contributed by atoms with Gasteiger partial charge in [-0.1, -0.05) is 6.07 Å². The lowest BCUT2D eigenvalue weighted by molar-refractivity contribution is -0.198. The Morgan fingerprint density at radius 2 is 1.89 bits per heavy atom. The molecule has 1 aromatic heterocycles. The predicted molar refractivity (Wildman–Crippen MR) is 127 cm³/mol. The van der Waals surface area contributed by atoms with Gasteiger partial charge in [-0.3, -0.25) is 4.79 Å². The number of ether oxygens (including phenoxy) is 1. The molecule has 4 heterocycles. The van der Waals surface area contributed by atoms with E-state index in [1.54, 1.807) is 6.07 Å². The minimum atomic E-state index is -4.69. The maximum absolute atomic E-state index is 14.0. The van der Waals surface area contributed by atoms with E-state index in [4.69, 9.17) is 10.5 Å². The zero-order valence-corrected chi connectivity index (χ0v) is 19.4. The average molecular weight is 508 g/mol. The molecule has 1 aromatic carbocycles. The predicted octanol–water partition coefficient (Wildman–Crippen LogP) is 2.61. The summed E-state index contributed by atoms with van der Waals surface area (Å²) in [6, 6.07) is 5.22. The number of halogens is 3. The molecule has 2 fully saturated rings. The van der Waals surface area contributed by atoms with E-state index in [2.05, 4.69) is 25.9 Å². The third-order valence-corrected chi connectivity index (χ3v) is 7.15. The van der Waals surface area contributed by atoms with Crippen LogP contribution in [0.2, 0.25) is 0 Å². The highest BCUT2D eigenvalue weighted by Gasteiger charge is 2.45. The van der Waals surface area contributed by atoms with Crippen LogP contribution < -0.4 is 31.3 Å². The summed E-state index contributed by atoms with van der Waals surface area (Å²) < 4.78 is 47.5. The van der Waals surface area contributed by atoms with Gasteiger partial charge in [-0.2, -0.15) is 23.1 Å². The van der Waals surface area contributed by atoms with Crippen LogP contribution in [-0.4, -0.2) is 66.0 Å². The summed E-state index contributed by atoms with van der Waals surface area (Å²) in [5.41, 5.74) is 6.98. The molecule has 10 nitrogen and oxygen atoms in total. The largest absolute Gasteiger partial charge is 0.480 e. The zero-order valence-electron chi connectivity index (χ0n) is 19.4. The summed E-state index contributed by atoms with van der Waals surface area (Å²) in [5, 5.41) is 18.6. The molecule has 2 atom stereocenters. The van der Waals surface area contributed by atoms with E-state index in [1.165, 1.54) is 18.2 Å². The number of anilines is 4. The second kappa shape index (κ2) is 9.19. The molecule has 0 aliphatic carbocycles. The lowest BCUT2D eigenvalue weighted by Crippen LogP contribution is -2.41. The average Bonchev–Trinajstić information content (AvgIpc) is 3.25. The first kappa shape index (κ1) is 24.2. The SMILES string of the molecule is Nc1nc(O[C@H](c2ccc3c(c2)NCCN3)C(F)(F)F)cc(N2CCC3(CC2)CN[C@H](C(=O)O)C3)n1. The number of hydrogen-bond acceptors (Lipinski definition) is 9. The van der Waals surface area contributed by atoms with E-state index >= 15 is 0 Å². The molecule has 6 N–H and O–H groups in total. The number of carboxylic acid groups (broad SMARTS) is 1. The first-order valence-corrected chi connectivity index (χ1v) is 11.8. The Kier molecular flexibility index (Phi) is 6.18. The van der Waals surface area contributed by atoms with Crippen molar-refractivity contribution in [3.63, 3.8) is 0 Å². The normalized spacial score (nSPS) is 21.9. The minimum Gasteiger partial charge on any atom is -0.480 e. The van der Waals surface area contributed by atoms with Crippen molar-refractivity contribution < 1.29 is 27.8 Å². The van der Waals surface area contributed by atoms with Crippen LogP contribution in [0, 0.1) is 5.41 Å². The number of hydrogen-bond donors (Lipinski definition) is 5. The van der Waals surface area contributed by atoms with Crippen molar-refractivity contribution in [3.05, 3.63) is 29.8 Å². The van der Waals surface area contributed by atoms with E-state index in [-0.39, 0.29) is 22.8 Å². The second-order valence-corrected chi connectivity index (χ2v) is 9.58. The molecule has 194 valence electrons. The third-order valence-electron chi connectivity index (χ3n) is 7.15. The summed E-state index contributed by atoms with van der Waals surface area (Å²) in [7, 11) is 0. The lowest BCUT2D eigenvalue weighted by Gasteiger charge is -2.39. The van der Waals surface area contributed by atoms with Crippen molar-refractivity contribution in [1.29, 1.82) is 0 Å². The summed E-state index contributed by atoms with van der Waals surface area (Å²) in [4.78, 5) is 21.4. The monoisotopic (exact) mass is 507 g/mol. The molecule has 0 radical (unpaired) electrons. The number of aromatic nitrogens is 2. The molecule has 36 heavy (non-hydrogen) atoms. The summed E-state index contributed by atoms with van der Waals surface area (Å²) in [6.07, 6.45) is -4.93. The number of nitrogens with two attached hydrogens (primary N) is 1. The molecule has 0 amide bonds. The van der Waals surface area contributed by atoms with Gasteiger partial charge in [0.25, 0.3) is 0 Å². The van der Waals surface area contributed by atoms with Crippen LogP contribution in [0.3, 0.4) is 0 Å². The second-order valence-electron chi connectivity index (χ2n) is 9.58. The third kappa shape index (κ3) is 4.92. The van der Waals surface area contributed by atoms with Crippen molar-refractivity contribution in [2.45, 2.75) is 37.6 Å². The molecule has 1 spiro atoms. The molecule has 3 aliphatic rings. The van der Waals surface area contributed by atoms with Gasteiger partial charge in [-0.05, 0) is 36.8 Å². The van der Waals surface area contributed by atoms with E-state index in [0.29, 0.717) is 50.6 Å². The van der Waals surface area contributed by atoms with Gasteiger partial charge >= 0.3 is 12.1 Å². The smallest absolute Gasteiger partial charge is 0.429 e. The van der Waals surface area contributed by atoms with Crippen molar-refractivity contribution >= 4 is 29.1 Å². The van der Waals surface area contributed by atoms with Crippen LogP contribution in [0.1, 0.15) is 30.9 Å². The standard InChI is InChI=1S/C23H28F3N7O3/c24-23(25,26)19(13-1-2-14-15(9-13)29-6-5-28-14)36-18-10-17(31-21(27)32-18)33-7-3-22(4-8-33)11-16(20(34)35)30-12-22/h1-2,9-10,16,19,28-30H,3-8,11-12H2,(H,34,35)(H2,27,31,32)/t16-,19+/m0/s1. The van der Waals surface area contributed by atoms with Crippen LogP contribution in [0.25, 0.3) is 0 Å². The Hall–Kier alpha value is -3.48. The van der Waals surface area contributed by atoms with E-state index in [0.717, 1.165) is 18.5 Å². The van der Waals surface area contributed by atoms with Crippen LogP contribution in [0.5, 0.6) is 5.88 Å². The van der Waals surface area contributed by atoms with Gasteiger partial charge in [0.2, 0.25) is 17.9 Å². The number of carbonyl (C=O) groups is 1. The molecule has 13 heteroatoms. The van der Waals surface area contributed by atoms with Gasteiger partial charge in [-0.15, -0.1) is 0 Å². The van der Waals surface area contributed by atoms with Crippen molar-refractivity contribution in [2.75, 3.05) is 54.0 Å². The first-order chi connectivity index (χ1) is 17.1. The number of nitrogens with one attached hydrogen (secondary N) is 3. The molecule has 0 bridgehead atoms. The maximum Gasteiger partial charge on any atom is 0.429 e. The highest BCUT2D eigenvalue weighted by molar-refractivity contribution is 5.74. The van der Waals surface area contributed by atoms with Crippen molar-refractivity contribution in [1.82, 2.24) is 15.3 Å². The molecule has 5 rings (SSSR count). The Morgan fingerprint density at radius 1 is 1.17 bits per heavy atom. The van der Waals surface area contributed by atoms with Crippen LogP contribution >= 0.6 is 0 Å². The Bertz CT molecular complexity index is 1140. The lowest BCUT2D eigenvalue weighted by atomic mass is 9.76. The number of alkyl halides is 3. The van der Waals surface area contributed by atoms with Crippen LogP contribution in [0.4, 0.5) is 36.3 Å². The number of aliphatic carboxylic acids is 1. The number of nitrogen functional groups attached to an aromatic ring is 1.